The standard InChI is InChI=1S/C27H40N2O/c1-28(20-11-16-25-12-5-2-6-13-25)19-9-4-10-23-30-27-17-21-29(22-18-27)24-26-14-7-3-8-15-26/h2-3,5-8,12-15,27H,4,9-11,16-24H2,1H3. The number of piperidine rings is 1. The number of hydrogen-bond donors (Lipinski definition) is 0. The minimum absolute atomic E-state index is 0.470. The van der Waals surface area contributed by atoms with Gasteiger partial charge in [0.2, 0.25) is 0 Å². The minimum Gasteiger partial charge on any atom is -0.378 e. The molecule has 0 bridgehead atoms. The molecule has 30 heavy (non-hydrogen) atoms. The zero-order chi connectivity index (χ0) is 20.9. The number of benzene rings is 2. The van der Waals surface area contributed by atoms with E-state index in [0.29, 0.717) is 6.10 Å². The van der Waals surface area contributed by atoms with Gasteiger partial charge in [-0.2, -0.15) is 0 Å². The predicted molar refractivity (Wildman–Crippen MR) is 127 cm³/mol. The van der Waals surface area contributed by atoms with Crippen molar-refractivity contribution in [2.24, 2.45) is 0 Å². The third kappa shape index (κ3) is 8.99. The van der Waals surface area contributed by atoms with Gasteiger partial charge < -0.3 is 9.64 Å². The number of unbranched alkanes of at least 4 members (excludes halogenated alkanes) is 2. The van der Waals surface area contributed by atoms with Crippen LogP contribution in [0.5, 0.6) is 0 Å². The lowest BCUT2D eigenvalue weighted by molar-refractivity contribution is 0.00417. The fourth-order valence-electron chi connectivity index (χ4n) is 4.30. The quantitative estimate of drug-likeness (QED) is 0.413. The summed E-state index contributed by atoms with van der Waals surface area (Å²) in [5.41, 5.74) is 2.87. The number of aryl methyl sites for hydroxylation is 1. The molecule has 0 spiro atoms. The fourth-order valence-corrected chi connectivity index (χ4v) is 4.30. The molecule has 2 aromatic carbocycles. The van der Waals surface area contributed by atoms with Gasteiger partial charge in [0.1, 0.15) is 0 Å². The molecular formula is C27H40N2O. The second-order valence-electron chi connectivity index (χ2n) is 8.78. The Morgan fingerprint density at radius 1 is 0.800 bits per heavy atom. The van der Waals surface area contributed by atoms with Gasteiger partial charge in [0, 0.05) is 26.2 Å². The van der Waals surface area contributed by atoms with Crippen molar-refractivity contribution in [2.75, 3.05) is 39.8 Å². The molecule has 0 N–H and O–H groups in total. The zero-order valence-electron chi connectivity index (χ0n) is 18.8. The van der Waals surface area contributed by atoms with Crippen LogP contribution >= 0.6 is 0 Å². The van der Waals surface area contributed by atoms with E-state index in [0.717, 1.165) is 26.2 Å². The normalized spacial score (nSPS) is 15.7. The van der Waals surface area contributed by atoms with Gasteiger partial charge in [-0.05, 0) is 76.2 Å². The Kier molecular flexibility index (Phi) is 10.4. The first-order valence-electron chi connectivity index (χ1n) is 11.9. The molecule has 0 unspecified atom stereocenters. The highest BCUT2D eigenvalue weighted by Gasteiger charge is 2.19. The van der Waals surface area contributed by atoms with Crippen LogP contribution < -0.4 is 0 Å². The summed E-state index contributed by atoms with van der Waals surface area (Å²) in [7, 11) is 2.25. The van der Waals surface area contributed by atoms with Gasteiger partial charge in [-0.25, -0.2) is 0 Å². The largest absolute Gasteiger partial charge is 0.378 e. The van der Waals surface area contributed by atoms with E-state index in [2.05, 4.69) is 77.5 Å². The van der Waals surface area contributed by atoms with Crippen LogP contribution in [0.3, 0.4) is 0 Å². The summed E-state index contributed by atoms with van der Waals surface area (Å²) < 4.78 is 6.16. The van der Waals surface area contributed by atoms with E-state index in [4.69, 9.17) is 4.74 Å². The summed E-state index contributed by atoms with van der Waals surface area (Å²) in [5.74, 6) is 0. The Bertz CT molecular complexity index is 668. The highest BCUT2D eigenvalue weighted by Crippen LogP contribution is 2.16. The molecule has 0 aromatic heterocycles. The van der Waals surface area contributed by atoms with Crippen molar-refractivity contribution in [1.82, 2.24) is 9.80 Å². The lowest BCUT2D eigenvalue weighted by Gasteiger charge is -2.32. The third-order valence-electron chi connectivity index (χ3n) is 6.17. The monoisotopic (exact) mass is 408 g/mol. The lowest BCUT2D eigenvalue weighted by atomic mass is 10.1. The van der Waals surface area contributed by atoms with Crippen LogP contribution in [0.4, 0.5) is 0 Å². The van der Waals surface area contributed by atoms with Crippen molar-refractivity contribution in [3.63, 3.8) is 0 Å². The van der Waals surface area contributed by atoms with Gasteiger partial charge in [-0.1, -0.05) is 60.7 Å². The molecule has 1 fully saturated rings. The molecule has 1 saturated heterocycles. The molecule has 3 nitrogen and oxygen atoms in total. The van der Waals surface area contributed by atoms with E-state index >= 15 is 0 Å². The van der Waals surface area contributed by atoms with Crippen LogP contribution in [0, 0.1) is 0 Å². The molecule has 0 saturated carbocycles. The van der Waals surface area contributed by atoms with Gasteiger partial charge in [0.05, 0.1) is 6.10 Å². The fraction of sp³-hybridized carbons (Fsp3) is 0.556. The first kappa shape index (κ1) is 23.0. The van der Waals surface area contributed by atoms with Crippen molar-refractivity contribution in [2.45, 2.75) is 57.6 Å². The number of ether oxygens (including phenoxy) is 1. The van der Waals surface area contributed by atoms with Gasteiger partial charge in [0.15, 0.2) is 0 Å². The number of hydrogen-bond acceptors (Lipinski definition) is 3. The maximum Gasteiger partial charge on any atom is 0.0599 e. The molecule has 2 aromatic rings. The molecule has 0 radical (unpaired) electrons. The van der Waals surface area contributed by atoms with E-state index in [-0.39, 0.29) is 0 Å². The Hall–Kier alpha value is -1.68. The maximum absolute atomic E-state index is 6.16. The van der Waals surface area contributed by atoms with Crippen molar-refractivity contribution in [1.29, 1.82) is 0 Å². The van der Waals surface area contributed by atoms with Gasteiger partial charge >= 0.3 is 0 Å². The van der Waals surface area contributed by atoms with Crippen LogP contribution in [0.2, 0.25) is 0 Å². The Labute approximate surface area is 184 Å². The number of likely N-dealkylation sites (tertiary alicyclic amines) is 1. The molecule has 1 aliphatic heterocycles. The molecule has 3 rings (SSSR count). The second-order valence-corrected chi connectivity index (χ2v) is 8.78. The van der Waals surface area contributed by atoms with E-state index in [1.165, 1.54) is 69.2 Å². The maximum atomic E-state index is 6.16. The van der Waals surface area contributed by atoms with E-state index < -0.39 is 0 Å². The predicted octanol–water partition coefficient (Wildman–Crippen LogP) is 5.40. The SMILES string of the molecule is CN(CCCCCOC1CCN(Cc2ccccc2)CC1)CCCc1ccccc1. The molecule has 164 valence electrons. The zero-order valence-corrected chi connectivity index (χ0v) is 18.8. The van der Waals surface area contributed by atoms with Gasteiger partial charge in [-0.3, -0.25) is 4.90 Å². The second kappa shape index (κ2) is 13.6. The van der Waals surface area contributed by atoms with Crippen LogP contribution in [-0.2, 0) is 17.7 Å². The highest BCUT2D eigenvalue weighted by atomic mass is 16.5. The summed E-state index contributed by atoms with van der Waals surface area (Å²) in [6.45, 7) is 6.72. The minimum atomic E-state index is 0.470. The van der Waals surface area contributed by atoms with E-state index in [1.54, 1.807) is 0 Å². The summed E-state index contributed by atoms with van der Waals surface area (Å²) >= 11 is 0. The van der Waals surface area contributed by atoms with Crippen LogP contribution in [0.25, 0.3) is 0 Å². The first-order valence-corrected chi connectivity index (χ1v) is 11.9. The summed E-state index contributed by atoms with van der Waals surface area (Å²) in [4.78, 5) is 5.04. The Morgan fingerprint density at radius 3 is 2.13 bits per heavy atom. The molecule has 1 heterocycles. The Morgan fingerprint density at radius 2 is 1.43 bits per heavy atom. The van der Waals surface area contributed by atoms with E-state index in [9.17, 15) is 0 Å². The van der Waals surface area contributed by atoms with Crippen molar-refractivity contribution >= 4 is 0 Å². The highest BCUT2D eigenvalue weighted by molar-refractivity contribution is 5.15. The topological polar surface area (TPSA) is 15.7 Å². The molecule has 0 atom stereocenters. The van der Waals surface area contributed by atoms with Crippen molar-refractivity contribution in [3.8, 4) is 0 Å². The first-order chi connectivity index (χ1) is 14.8. The lowest BCUT2D eigenvalue weighted by Crippen LogP contribution is -2.36. The number of rotatable bonds is 13. The number of nitrogens with zero attached hydrogens (tertiary/aromatic N) is 2. The summed E-state index contributed by atoms with van der Waals surface area (Å²) in [5, 5.41) is 0. The third-order valence-corrected chi connectivity index (χ3v) is 6.17. The molecular weight excluding hydrogens is 368 g/mol. The molecule has 0 amide bonds. The Balaban J connectivity index is 1.15. The van der Waals surface area contributed by atoms with E-state index in [1.807, 2.05) is 0 Å². The van der Waals surface area contributed by atoms with Crippen molar-refractivity contribution < 1.29 is 4.74 Å². The smallest absolute Gasteiger partial charge is 0.0599 e. The molecule has 0 aliphatic carbocycles. The average molecular weight is 409 g/mol. The summed E-state index contributed by atoms with van der Waals surface area (Å²) in [6, 6.07) is 21.6. The molecule has 1 aliphatic rings. The van der Waals surface area contributed by atoms with Crippen LogP contribution in [-0.4, -0.2) is 55.7 Å². The van der Waals surface area contributed by atoms with Crippen LogP contribution in [0.1, 0.15) is 49.7 Å². The van der Waals surface area contributed by atoms with Crippen molar-refractivity contribution in [3.05, 3.63) is 71.8 Å². The van der Waals surface area contributed by atoms with Gasteiger partial charge in [0.25, 0.3) is 0 Å². The average Bonchev–Trinajstić information content (AvgIpc) is 2.79. The van der Waals surface area contributed by atoms with Crippen LogP contribution in [0.15, 0.2) is 60.7 Å². The summed E-state index contributed by atoms with van der Waals surface area (Å²) in [6.07, 6.45) is 9.00. The van der Waals surface area contributed by atoms with Gasteiger partial charge in [-0.15, -0.1) is 0 Å². The molecule has 3 heteroatoms.